The molecule has 3 amide bonds. The van der Waals surface area contributed by atoms with Gasteiger partial charge in [-0.15, -0.1) is 0 Å². The highest BCUT2D eigenvalue weighted by atomic mass is 16.5. The number of carbonyl (C=O) groups is 3. The van der Waals surface area contributed by atoms with Gasteiger partial charge in [-0.05, 0) is 54.1 Å². The molecule has 4 rings (SSSR count). The number of anilines is 1. The second kappa shape index (κ2) is 11.8. The van der Waals surface area contributed by atoms with Gasteiger partial charge in [-0.1, -0.05) is 36.4 Å². The molecule has 3 aromatic rings. The van der Waals surface area contributed by atoms with Crippen LogP contribution >= 0.6 is 0 Å². The number of fused-ring (bicyclic) bond motifs is 1. The minimum atomic E-state index is -0.886. The van der Waals surface area contributed by atoms with Crippen LogP contribution in [0.15, 0.2) is 71.8 Å². The molecule has 0 saturated carbocycles. The summed E-state index contributed by atoms with van der Waals surface area (Å²) >= 11 is 0. The van der Waals surface area contributed by atoms with Crippen molar-refractivity contribution >= 4 is 40.4 Å². The van der Waals surface area contributed by atoms with Crippen LogP contribution in [-0.2, 0) is 19.1 Å². The molecule has 1 saturated heterocycles. The van der Waals surface area contributed by atoms with E-state index in [1.807, 2.05) is 30.3 Å². The van der Waals surface area contributed by atoms with Crippen LogP contribution in [0.1, 0.15) is 18.4 Å². The zero-order valence-corrected chi connectivity index (χ0v) is 19.0. The van der Waals surface area contributed by atoms with E-state index in [0.717, 1.165) is 30.2 Å². The molecule has 3 aromatic carbocycles. The first-order valence-corrected chi connectivity index (χ1v) is 11.3. The molecule has 1 aliphatic rings. The van der Waals surface area contributed by atoms with Crippen molar-refractivity contribution in [3.8, 4) is 5.75 Å². The molecule has 0 radical (unpaired) electrons. The van der Waals surface area contributed by atoms with Crippen LogP contribution in [0, 0.1) is 0 Å². The van der Waals surface area contributed by atoms with Gasteiger partial charge in [0, 0.05) is 24.2 Å². The zero-order chi connectivity index (χ0) is 24.5. The van der Waals surface area contributed by atoms with Crippen LogP contribution in [0.25, 0.3) is 10.8 Å². The van der Waals surface area contributed by atoms with Crippen LogP contribution in [0.4, 0.5) is 5.69 Å². The van der Waals surface area contributed by atoms with Gasteiger partial charge in [0.15, 0.2) is 6.61 Å². The number of amides is 3. The van der Waals surface area contributed by atoms with Crippen LogP contribution in [0.3, 0.4) is 0 Å². The van der Waals surface area contributed by atoms with Crippen molar-refractivity contribution in [3.05, 3.63) is 72.3 Å². The van der Waals surface area contributed by atoms with Gasteiger partial charge in [-0.3, -0.25) is 14.4 Å². The van der Waals surface area contributed by atoms with Gasteiger partial charge in [0.05, 0.1) is 12.3 Å². The lowest BCUT2D eigenvalue weighted by Crippen LogP contribution is -2.35. The predicted molar refractivity (Wildman–Crippen MR) is 132 cm³/mol. The van der Waals surface area contributed by atoms with E-state index >= 15 is 0 Å². The number of hydrazone groups is 1. The largest absolute Gasteiger partial charge is 0.484 e. The number of hydrogen-bond acceptors (Lipinski definition) is 6. The number of carbonyl (C=O) groups excluding carboxylic acids is 3. The normalized spacial score (nSPS) is 15.1. The third kappa shape index (κ3) is 6.87. The second-order valence-electron chi connectivity index (χ2n) is 7.98. The SMILES string of the molecule is O=C(COc1ccc(/C=N\NC(=O)C(=O)Nc2cccc3ccccc23)cc1)NC[C@@H]1CCCO1. The Kier molecular flexibility index (Phi) is 8.03. The van der Waals surface area contributed by atoms with E-state index in [4.69, 9.17) is 9.47 Å². The van der Waals surface area contributed by atoms with Gasteiger partial charge in [0.2, 0.25) is 0 Å². The number of rotatable bonds is 8. The average molecular weight is 475 g/mol. The summed E-state index contributed by atoms with van der Waals surface area (Å²) in [5.41, 5.74) is 3.44. The van der Waals surface area contributed by atoms with Crippen LogP contribution in [0.2, 0.25) is 0 Å². The Morgan fingerprint density at radius 2 is 1.80 bits per heavy atom. The topological polar surface area (TPSA) is 118 Å². The lowest BCUT2D eigenvalue weighted by atomic mass is 10.1. The summed E-state index contributed by atoms with van der Waals surface area (Å²) in [7, 11) is 0. The molecule has 0 bridgehead atoms. The van der Waals surface area contributed by atoms with E-state index in [-0.39, 0.29) is 18.6 Å². The minimum absolute atomic E-state index is 0.0855. The molecule has 9 nitrogen and oxygen atoms in total. The van der Waals surface area contributed by atoms with E-state index in [2.05, 4.69) is 21.2 Å². The van der Waals surface area contributed by atoms with E-state index in [0.29, 0.717) is 23.5 Å². The molecule has 0 unspecified atom stereocenters. The Morgan fingerprint density at radius 3 is 2.60 bits per heavy atom. The summed E-state index contributed by atoms with van der Waals surface area (Å²) in [5.74, 6) is -1.40. The van der Waals surface area contributed by atoms with E-state index in [9.17, 15) is 14.4 Å². The van der Waals surface area contributed by atoms with Crippen LogP contribution in [-0.4, -0.2) is 49.8 Å². The molecular formula is C26H26N4O5. The highest BCUT2D eigenvalue weighted by Gasteiger charge is 2.16. The Morgan fingerprint density at radius 1 is 1.00 bits per heavy atom. The van der Waals surface area contributed by atoms with Gasteiger partial charge in [-0.2, -0.15) is 5.10 Å². The summed E-state index contributed by atoms with van der Waals surface area (Å²) in [6.07, 6.45) is 3.47. The molecule has 0 aliphatic carbocycles. The highest BCUT2D eigenvalue weighted by molar-refractivity contribution is 6.40. The number of nitrogens with zero attached hydrogens (tertiary/aromatic N) is 1. The fourth-order valence-electron chi connectivity index (χ4n) is 3.61. The molecule has 1 heterocycles. The first-order chi connectivity index (χ1) is 17.1. The molecule has 180 valence electrons. The third-order valence-electron chi connectivity index (χ3n) is 5.42. The maximum atomic E-state index is 12.2. The zero-order valence-electron chi connectivity index (χ0n) is 19.0. The summed E-state index contributed by atoms with van der Waals surface area (Å²) in [6, 6.07) is 19.8. The Balaban J connectivity index is 1.21. The molecule has 1 atom stereocenters. The molecule has 35 heavy (non-hydrogen) atoms. The molecular weight excluding hydrogens is 448 g/mol. The van der Waals surface area contributed by atoms with Gasteiger partial charge in [0.25, 0.3) is 5.91 Å². The van der Waals surface area contributed by atoms with E-state index < -0.39 is 11.8 Å². The first kappa shape index (κ1) is 23.9. The first-order valence-electron chi connectivity index (χ1n) is 11.3. The quantitative estimate of drug-likeness (QED) is 0.264. The van der Waals surface area contributed by atoms with Crippen LogP contribution < -0.4 is 20.8 Å². The smallest absolute Gasteiger partial charge is 0.329 e. The maximum absolute atomic E-state index is 12.2. The average Bonchev–Trinajstić information content (AvgIpc) is 3.41. The van der Waals surface area contributed by atoms with Gasteiger partial charge >= 0.3 is 11.8 Å². The summed E-state index contributed by atoms with van der Waals surface area (Å²) in [5, 5.41) is 11.0. The highest BCUT2D eigenvalue weighted by Crippen LogP contribution is 2.22. The Bertz CT molecular complexity index is 1210. The van der Waals surface area contributed by atoms with Crippen molar-refractivity contribution in [3.63, 3.8) is 0 Å². The molecule has 3 N–H and O–H groups in total. The van der Waals surface area contributed by atoms with Crippen molar-refractivity contribution in [1.29, 1.82) is 0 Å². The minimum Gasteiger partial charge on any atom is -0.484 e. The summed E-state index contributed by atoms with van der Waals surface area (Å²) in [4.78, 5) is 36.2. The molecule has 9 heteroatoms. The fourth-order valence-corrected chi connectivity index (χ4v) is 3.61. The Hall–Kier alpha value is -4.24. The lowest BCUT2D eigenvalue weighted by molar-refractivity contribution is -0.136. The van der Waals surface area contributed by atoms with Crippen molar-refractivity contribution in [2.75, 3.05) is 25.1 Å². The Labute approximate surface area is 202 Å². The monoisotopic (exact) mass is 474 g/mol. The number of nitrogens with one attached hydrogen (secondary N) is 3. The number of benzene rings is 3. The van der Waals surface area contributed by atoms with Crippen molar-refractivity contribution in [2.45, 2.75) is 18.9 Å². The summed E-state index contributed by atoms with van der Waals surface area (Å²) in [6.45, 7) is 1.14. The van der Waals surface area contributed by atoms with Gasteiger partial charge in [0.1, 0.15) is 5.75 Å². The fraction of sp³-hybridized carbons (Fsp3) is 0.231. The van der Waals surface area contributed by atoms with E-state index in [1.165, 1.54) is 6.21 Å². The second-order valence-corrected chi connectivity index (χ2v) is 7.98. The lowest BCUT2D eigenvalue weighted by Gasteiger charge is -2.11. The molecule has 1 aliphatic heterocycles. The number of hydrogen-bond donors (Lipinski definition) is 3. The molecule has 0 spiro atoms. The van der Waals surface area contributed by atoms with Crippen LogP contribution in [0.5, 0.6) is 5.75 Å². The van der Waals surface area contributed by atoms with Gasteiger partial charge in [-0.25, -0.2) is 5.43 Å². The number of ether oxygens (including phenoxy) is 2. The standard InChI is InChI=1S/C26H26N4O5/c31-24(27-16-21-7-4-14-34-21)17-35-20-12-10-18(11-13-20)15-28-30-26(33)25(32)29-23-9-3-6-19-5-1-2-8-22(19)23/h1-3,5-6,8-13,15,21H,4,7,14,16-17H2,(H,27,31)(H,29,32)(H,30,33)/b28-15-/t21-/m0/s1. The van der Waals surface area contributed by atoms with Crippen molar-refractivity contribution < 1.29 is 23.9 Å². The third-order valence-corrected chi connectivity index (χ3v) is 5.42. The predicted octanol–water partition coefficient (Wildman–Crippen LogP) is 2.60. The molecule has 1 fully saturated rings. The van der Waals surface area contributed by atoms with Gasteiger partial charge < -0.3 is 20.1 Å². The van der Waals surface area contributed by atoms with E-state index in [1.54, 1.807) is 36.4 Å². The van der Waals surface area contributed by atoms with Crippen molar-refractivity contribution in [1.82, 2.24) is 10.7 Å². The van der Waals surface area contributed by atoms with Crippen molar-refractivity contribution in [2.24, 2.45) is 5.10 Å². The maximum Gasteiger partial charge on any atom is 0.329 e. The summed E-state index contributed by atoms with van der Waals surface area (Å²) < 4.78 is 10.9. The molecule has 0 aromatic heterocycles.